The summed E-state index contributed by atoms with van der Waals surface area (Å²) in [5.74, 6) is -0.555. The van der Waals surface area contributed by atoms with Gasteiger partial charge in [0.1, 0.15) is 5.82 Å². The Hall–Kier alpha value is -1.96. The van der Waals surface area contributed by atoms with E-state index >= 15 is 0 Å². The molecule has 1 heterocycles. The quantitative estimate of drug-likeness (QED) is 0.569. The molecule has 10 heteroatoms. The summed E-state index contributed by atoms with van der Waals surface area (Å²) >= 11 is 0. The first-order valence-corrected chi connectivity index (χ1v) is 12.2. The number of aromatic nitrogens is 2. The minimum Gasteiger partial charge on any atom is -0.380 e. The van der Waals surface area contributed by atoms with Crippen molar-refractivity contribution in [1.82, 2.24) is 9.13 Å². The molecule has 1 aromatic carbocycles. The molecule has 0 unspecified atom stereocenters. The molecule has 1 aromatic heterocycles. The van der Waals surface area contributed by atoms with Crippen molar-refractivity contribution in [3.8, 4) is 0 Å². The smallest absolute Gasteiger partial charge is 0.331 e. The molecule has 8 nitrogen and oxygen atoms in total. The van der Waals surface area contributed by atoms with Crippen LogP contribution >= 0.6 is 7.60 Å². The molecule has 0 amide bonds. The predicted molar refractivity (Wildman–Crippen MR) is 115 cm³/mol. The van der Waals surface area contributed by atoms with Gasteiger partial charge in [-0.05, 0) is 45.2 Å². The average molecular weight is 441 g/mol. The van der Waals surface area contributed by atoms with E-state index in [1.54, 1.807) is 13.8 Å². The Bertz CT molecular complexity index is 1080. The fourth-order valence-corrected chi connectivity index (χ4v) is 4.66. The normalized spacial score (nSPS) is 15.8. The third-order valence-corrected chi connectivity index (χ3v) is 6.47. The molecule has 3 N–H and O–H groups in total. The van der Waals surface area contributed by atoms with E-state index in [1.807, 2.05) is 0 Å². The molecule has 1 saturated carbocycles. The number of fused-ring (bicyclic) bond motifs is 1. The van der Waals surface area contributed by atoms with Crippen LogP contribution < -0.4 is 16.6 Å². The molecule has 0 aliphatic heterocycles. The summed E-state index contributed by atoms with van der Waals surface area (Å²) in [4.78, 5) is 44.0. The largest absolute Gasteiger partial charge is 0.380 e. The van der Waals surface area contributed by atoms with E-state index in [1.165, 1.54) is 17.1 Å². The molecule has 2 aromatic rings. The van der Waals surface area contributed by atoms with Crippen molar-refractivity contribution in [2.45, 2.75) is 71.0 Å². The van der Waals surface area contributed by atoms with Gasteiger partial charge in [0, 0.05) is 18.6 Å². The molecule has 30 heavy (non-hydrogen) atoms. The third kappa shape index (κ3) is 5.02. The van der Waals surface area contributed by atoms with Crippen LogP contribution in [0.4, 0.5) is 10.1 Å². The Balaban J connectivity index is 2.07. The summed E-state index contributed by atoms with van der Waals surface area (Å²) in [6.07, 6.45) is 4.79. The van der Waals surface area contributed by atoms with Crippen LogP contribution in [0.3, 0.4) is 0 Å². The van der Waals surface area contributed by atoms with Gasteiger partial charge in [0.25, 0.3) is 5.56 Å². The summed E-state index contributed by atoms with van der Waals surface area (Å²) in [7, 11) is -4.24. The molecular formula is C20H29FN3O5P. The first-order chi connectivity index (χ1) is 14.1. The number of anilines is 1. The number of hydrogen-bond acceptors (Lipinski definition) is 4. The van der Waals surface area contributed by atoms with Crippen LogP contribution in [0, 0.1) is 5.82 Å². The summed E-state index contributed by atoms with van der Waals surface area (Å²) < 4.78 is 28.3. The zero-order valence-electron chi connectivity index (χ0n) is 17.3. The maximum atomic E-state index is 14.8. The number of hydrogen-bond donors (Lipinski definition) is 3. The fraction of sp³-hybridized carbons (Fsp3) is 0.600. The highest BCUT2D eigenvalue weighted by Crippen LogP contribution is 2.34. The van der Waals surface area contributed by atoms with E-state index < -0.39 is 30.8 Å². The molecule has 166 valence electrons. The van der Waals surface area contributed by atoms with Crippen LogP contribution in [0.2, 0.25) is 0 Å². The highest BCUT2D eigenvalue weighted by atomic mass is 31.2. The lowest BCUT2D eigenvalue weighted by Crippen LogP contribution is -2.41. The molecule has 0 spiro atoms. The lowest BCUT2D eigenvalue weighted by molar-refractivity contribution is 0.369. The maximum absolute atomic E-state index is 14.8. The van der Waals surface area contributed by atoms with Crippen LogP contribution in [0.15, 0.2) is 21.7 Å². The van der Waals surface area contributed by atoms with Gasteiger partial charge in [0.05, 0.1) is 22.8 Å². The molecule has 0 radical (unpaired) electrons. The highest BCUT2D eigenvalue weighted by molar-refractivity contribution is 7.51. The zero-order valence-corrected chi connectivity index (χ0v) is 18.2. The van der Waals surface area contributed by atoms with Gasteiger partial charge in [0.2, 0.25) is 0 Å². The monoisotopic (exact) mass is 441 g/mol. The van der Waals surface area contributed by atoms with Crippen molar-refractivity contribution in [2.24, 2.45) is 0 Å². The molecular weight excluding hydrogens is 412 g/mol. The third-order valence-electron chi connectivity index (χ3n) is 5.57. The SMILES string of the molecule is CC(C)n1c(=O)n(CCCP(=O)(O)O)c(=O)c2cc(F)c(NC3CCCCC3)cc21. The number of benzene rings is 1. The van der Waals surface area contributed by atoms with Crippen LogP contribution in [0.25, 0.3) is 10.9 Å². The molecule has 1 fully saturated rings. The van der Waals surface area contributed by atoms with Crippen LogP contribution in [0.1, 0.15) is 58.4 Å². The van der Waals surface area contributed by atoms with Gasteiger partial charge in [-0.25, -0.2) is 9.18 Å². The number of rotatable bonds is 7. The van der Waals surface area contributed by atoms with Gasteiger partial charge < -0.3 is 15.1 Å². The van der Waals surface area contributed by atoms with E-state index in [2.05, 4.69) is 5.32 Å². The second-order valence-corrected chi connectivity index (χ2v) is 10.1. The average Bonchev–Trinajstić information content (AvgIpc) is 2.66. The minimum absolute atomic E-state index is 0.0349. The minimum atomic E-state index is -4.24. The Labute approximate surface area is 173 Å². The molecule has 0 saturated heterocycles. The number of halogens is 1. The first kappa shape index (κ1) is 22.7. The predicted octanol–water partition coefficient (Wildman–Crippen LogP) is 3.20. The molecule has 0 bridgehead atoms. The van der Waals surface area contributed by atoms with Gasteiger partial charge in [0.15, 0.2) is 0 Å². The van der Waals surface area contributed by atoms with E-state index in [0.29, 0.717) is 5.52 Å². The van der Waals surface area contributed by atoms with Gasteiger partial charge in [-0.3, -0.25) is 18.5 Å². The van der Waals surface area contributed by atoms with Crippen molar-refractivity contribution in [3.05, 3.63) is 38.8 Å². The van der Waals surface area contributed by atoms with Crippen LogP contribution in [-0.4, -0.2) is 31.1 Å². The van der Waals surface area contributed by atoms with E-state index in [4.69, 9.17) is 9.79 Å². The molecule has 0 atom stereocenters. The first-order valence-electron chi connectivity index (χ1n) is 10.4. The van der Waals surface area contributed by atoms with E-state index in [0.717, 1.165) is 36.3 Å². The summed E-state index contributed by atoms with van der Waals surface area (Å²) in [5.41, 5.74) is -0.586. The second-order valence-electron chi connectivity index (χ2n) is 8.27. The summed E-state index contributed by atoms with van der Waals surface area (Å²) in [6.45, 7) is 3.45. The fourth-order valence-electron chi connectivity index (χ4n) is 4.11. The Morgan fingerprint density at radius 3 is 2.47 bits per heavy atom. The Morgan fingerprint density at radius 2 is 1.87 bits per heavy atom. The van der Waals surface area contributed by atoms with Crippen molar-refractivity contribution in [2.75, 3.05) is 11.5 Å². The van der Waals surface area contributed by atoms with Gasteiger partial charge >= 0.3 is 13.3 Å². The van der Waals surface area contributed by atoms with Crippen LogP contribution in [0.5, 0.6) is 0 Å². The number of nitrogens with one attached hydrogen (secondary N) is 1. The highest BCUT2D eigenvalue weighted by Gasteiger charge is 2.21. The van der Waals surface area contributed by atoms with Gasteiger partial charge in [-0.1, -0.05) is 19.3 Å². The van der Waals surface area contributed by atoms with Crippen molar-refractivity contribution >= 4 is 24.2 Å². The molecule has 1 aliphatic rings. The second kappa shape index (κ2) is 9.04. The van der Waals surface area contributed by atoms with Crippen molar-refractivity contribution in [3.63, 3.8) is 0 Å². The zero-order chi connectivity index (χ0) is 22.1. The Kier molecular flexibility index (Phi) is 6.84. The number of nitrogens with zero attached hydrogens (tertiary/aromatic N) is 2. The van der Waals surface area contributed by atoms with Gasteiger partial charge in [-0.15, -0.1) is 0 Å². The summed E-state index contributed by atoms with van der Waals surface area (Å²) in [6, 6.07) is 2.56. The standard InChI is InChI=1S/C20H29FN3O5P/c1-13(2)24-18-12-17(22-14-7-4-3-5-8-14)16(21)11-15(18)19(25)23(20(24)26)9-6-10-30(27,28)29/h11-14,22H,3-10H2,1-2H3,(H2,27,28,29). The molecule has 1 aliphatic carbocycles. The van der Waals surface area contributed by atoms with E-state index in [-0.39, 0.29) is 36.1 Å². The topological polar surface area (TPSA) is 114 Å². The Morgan fingerprint density at radius 1 is 1.20 bits per heavy atom. The van der Waals surface area contributed by atoms with E-state index in [9.17, 15) is 18.5 Å². The summed E-state index contributed by atoms with van der Waals surface area (Å²) in [5, 5.41) is 3.30. The van der Waals surface area contributed by atoms with Crippen LogP contribution in [-0.2, 0) is 11.1 Å². The van der Waals surface area contributed by atoms with Crippen molar-refractivity contribution in [1.29, 1.82) is 0 Å². The molecule has 3 rings (SSSR count). The van der Waals surface area contributed by atoms with Gasteiger partial charge in [-0.2, -0.15) is 0 Å². The van der Waals surface area contributed by atoms with Crippen molar-refractivity contribution < 1.29 is 18.7 Å². The lowest BCUT2D eigenvalue weighted by atomic mass is 9.95. The lowest BCUT2D eigenvalue weighted by Gasteiger charge is -2.25. The maximum Gasteiger partial charge on any atom is 0.331 e.